The number of benzene rings is 2. The zero-order valence-electron chi connectivity index (χ0n) is 9.15. The van der Waals surface area contributed by atoms with E-state index in [1.807, 2.05) is 34.9 Å². The molecule has 0 aliphatic rings. The number of aromatic amines is 1. The number of halogens is 2. The molecule has 0 spiro atoms. The Morgan fingerprint density at radius 2 is 1.89 bits per heavy atom. The van der Waals surface area contributed by atoms with E-state index in [9.17, 15) is 4.39 Å². The molecule has 0 saturated heterocycles. The summed E-state index contributed by atoms with van der Waals surface area (Å²) in [4.78, 5) is 2.92. The molecule has 2 nitrogen and oxygen atoms in total. The smallest absolute Gasteiger partial charge is 0.182 e. The molecule has 5 heteroatoms. The molecule has 0 bridgehead atoms. The Morgan fingerprint density at radius 1 is 1.11 bits per heavy atom. The molecule has 0 aliphatic heterocycles. The lowest BCUT2D eigenvalue weighted by Crippen LogP contribution is -1.96. The van der Waals surface area contributed by atoms with Gasteiger partial charge in [-0.1, -0.05) is 18.2 Å². The van der Waals surface area contributed by atoms with Crippen molar-refractivity contribution in [3.05, 3.63) is 56.6 Å². The van der Waals surface area contributed by atoms with Gasteiger partial charge in [0.1, 0.15) is 11.3 Å². The van der Waals surface area contributed by atoms with Crippen molar-refractivity contribution in [3.8, 4) is 5.69 Å². The van der Waals surface area contributed by atoms with Crippen LogP contribution in [0.2, 0.25) is 0 Å². The third kappa shape index (κ3) is 1.78. The van der Waals surface area contributed by atoms with Crippen molar-refractivity contribution < 1.29 is 4.39 Å². The molecule has 18 heavy (non-hydrogen) atoms. The Balaban J connectivity index is 2.44. The molecule has 0 amide bonds. The highest BCUT2D eigenvalue weighted by molar-refractivity contribution is 14.1. The third-order valence-electron chi connectivity index (χ3n) is 2.76. The van der Waals surface area contributed by atoms with Gasteiger partial charge >= 0.3 is 0 Å². The minimum absolute atomic E-state index is 0.289. The fourth-order valence-electron chi connectivity index (χ4n) is 1.97. The molecule has 0 fully saturated rings. The van der Waals surface area contributed by atoms with Crippen molar-refractivity contribution in [2.45, 2.75) is 0 Å². The van der Waals surface area contributed by atoms with Gasteiger partial charge in [-0.3, -0.25) is 4.57 Å². The van der Waals surface area contributed by atoms with Crippen LogP contribution in [0.1, 0.15) is 0 Å². The van der Waals surface area contributed by atoms with Gasteiger partial charge in [0.05, 0.1) is 11.2 Å². The van der Waals surface area contributed by atoms with Crippen molar-refractivity contribution in [2.24, 2.45) is 0 Å². The van der Waals surface area contributed by atoms with E-state index in [4.69, 9.17) is 12.2 Å². The van der Waals surface area contributed by atoms with Gasteiger partial charge in [0, 0.05) is 3.57 Å². The Labute approximate surface area is 122 Å². The van der Waals surface area contributed by atoms with Gasteiger partial charge in [0.15, 0.2) is 4.77 Å². The highest BCUT2D eigenvalue weighted by atomic mass is 127. The number of nitrogens with one attached hydrogen (secondary N) is 1. The van der Waals surface area contributed by atoms with Crippen LogP contribution in [-0.2, 0) is 0 Å². The summed E-state index contributed by atoms with van der Waals surface area (Å²) in [6.07, 6.45) is 0. The Hall–Kier alpha value is -1.21. The van der Waals surface area contributed by atoms with Crippen LogP contribution in [0.3, 0.4) is 0 Å². The zero-order valence-corrected chi connectivity index (χ0v) is 12.1. The highest BCUT2D eigenvalue weighted by Crippen LogP contribution is 2.24. The SMILES string of the molecule is Fc1cccc2c1[nH]c(=S)n2-c1ccccc1I. The van der Waals surface area contributed by atoms with Crippen molar-refractivity contribution in [1.82, 2.24) is 9.55 Å². The topological polar surface area (TPSA) is 20.7 Å². The number of aromatic nitrogens is 2. The maximum Gasteiger partial charge on any atom is 0.182 e. The second-order valence-electron chi connectivity index (χ2n) is 3.85. The first-order valence-corrected chi connectivity index (χ1v) is 6.81. The predicted molar refractivity (Wildman–Crippen MR) is 81.1 cm³/mol. The minimum Gasteiger partial charge on any atom is -0.328 e. The lowest BCUT2D eigenvalue weighted by Gasteiger charge is -2.06. The van der Waals surface area contributed by atoms with Crippen molar-refractivity contribution >= 4 is 45.8 Å². The maximum atomic E-state index is 13.7. The molecule has 0 saturated carbocycles. The van der Waals surface area contributed by atoms with E-state index in [2.05, 4.69) is 27.6 Å². The molecule has 1 N–H and O–H groups in total. The van der Waals surface area contributed by atoms with Crippen LogP contribution in [0.5, 0.6) is 0 Å². The first kappa shape index (κ1) is 11.9. The van der Waals surface area contributed by atoms with E-state index in [0.29, 0.717) is 10.3 Å². The van der Waals surface area contributed by atoms with Crippen LogP contribution < -0.4 is 0 Å². The molecule has 0 aliphatic carbocycles. The summed E-state index contributed by atoms with van der Waals surface area (Å²) in [6, 6.07) is 12.8. The van der Waals surface area contributed by atoms with Gasteiger partial charge < -0.3 is 4.98 Å². The average molecular weight is 370 g/mol. The molecule has 0 unspecified atom stereocenters. The number of imidazole rings is 1. The Bertz CT molecular complexity index is 791. The summed E-state index contributed by atoms with van der Waals surface area (Å²) in [5.41, 5.74) is 2.16. The predicted octanol–water partition coefficient (Wildman–Crippen LogP) is 4.43. The van der Waals surface area contributed by atoms with E-state index >= 15 is 0 Å². The van der Waals surface area contributed by atoms with Crippen LogP contribution in [0, 0.1) is 14.2 Å². The highest BCUT2D eigenvalue weighted by Gasteiger charge is 2.11. The first-order valence-electron chi connectivity index (χ1n) is 5.32. The number of para-hydroxylation sites is 2. The number of hydrogen-bond donors (Lipinski definition) is 1. The second-order valence-corrected chi connectivity index (χ2v) is 5.40. The lowest BCUT2D eigenvalue weighted by atomic mass is 10.2. The number of H-pyrrole nitrogens is 1. The Kier molecular flexibility index (Phi) is 2.95. The zero-order chi connectivity index (χ0) is 12.7. The lowest BCUT2D eigenvalue weighted by molar-refractivity contribution is 0.637. The quantitative estimate of drug-likeness (QED) is 0.497. The molecule has 3 aromatic rings. The van der Waals surface area contributed by atoms with Gasteiger partial charge in [-0.15, -0.1) is 0 Å². The van der Waals surface area contributed by atoms with Crippen LogP contribution in [0.15, 0.2) is 42.5 Å². The van der Waals surface area contributed by atoms with Gasteiger partial charge in [-0.2, -0.15) is 0 Å². The van der Waals surface area contributed by atoms with Crippen molar-refractivity contribution in [1.29, 1.82) is 0 Å². The average Bonchev–Trinajstić information content (AvgIpc) is 2.68. The normalized spacial score (nSPS) is 11.0. The largest absolute Gasteiger partial charge is 0.328 e. The molecule has 0 radical (unpaired) electrons. The third-order valence-corrected chi connectivity index (χ3v) is 3.96. The van der Waals surface area contributed by atoms with Gasteiger partial charge in [-0.05, 0) is 59.1 Å². The molecule has 1 aromatic heterocycles. The van der Waals surface area contributed by atoms with Gasteiger partial charge in [0.2, 0.25) is 0 Å². The van der Waals surface area contributed by atoms with E-state index < -0.39 is 0 Å². The van der Waals surface area contributed by atoms with E-state index in [0.717, 1.165) is 14.8 Å². The first-order chi connectivity index (χ1) is 8.68. The molecular formula is C13H8FIN2S. The summed E-state index contributed by atoms with van der Waals surface area (Å²) in [5, 5.41) is 0. The number of nitrogens with zero attached hydrogens (tertiary/aromatic N) is 1. The summed E-state index contributed by atoms with van der Waals surface area (Å²) in [5.74, 6) is -0.289. The Morgan fingerprint density at radius 3 is 2.67 bits per heavy atom. The number of hydrogen-bond acceptors (Lipinski definition) is 1. The monoisotopic (exact) mass is 370 g/mol. The van der Waals surface area contributed by atoms with Gasteiger partial charge in [0.25, 0.3) is 0 Å². The van der Waals surface area contributed by atoms with E-state index in [1.54, 1.807) is 6.07 Å². The summed E-state index contributed by atoms with van der Waals surface area (Å²) in [7, 11) is 0. The fourth-order valence-corrected chi connectivity index (χ4v) is 2.89. The van der Waals surface area contributed by atoms with E-state index in [1.165, 1.54) is 6.07 Å². The number of fused-ring (bicyclic) bond motifs is 1. The van der Waals surface area contributed by atoms with Crippen LogP contribution in [0.4, 0.5) is 4.39 Å². The second kappa shape index (κ2) is 4.47. The summed E-state index contributed by atoms with van der Waals surface area (Å²) >= 11 is 7.54. The van der Waals surface area contributed by atoms with Gasteiger partial charge in [-0.25, -0.2) is 4.39 Å². The fraction of sp³-hybridized carbons (Fsp3) is 0. The molecule has 90 valence electrons. The minimum atomic E-state index is -0.289. The van der Waals surface area contributed by atoms with Crippen LogP contribution >= 0.6 is 34.8 Å². The molecular weight excluding hydrogens is 362 g/mol. The summed E-state index contributed by atoms with van der Waals surface area (Å²) in [6.45, 7) is 0. The van der Waals surface area contributed by atoms with E-state index in [-0.39, 0.29) is 5.82 Å². The summed E-state index contributed by atoms with van der Waals surface area (Å²) < 4.78 is 17.1. The number of rotatable bonds is 1. The standard InChI is InChI=1S/C13H8FIN2S/c14-8-4-3-7-11-12(8)16-13(18)17(11)10-6-2-1-5-9(10)15/h1-7H,(H,16,18). The molecule has 3 rings (SSSR count). The molecule has 2 aromatic carbocycles. The van der Waals surface area contributed by atoms with Crippen LogP contribution in [0.25, 0.3) is 16.7 Å². The van der Waals surface area contributed by atoms with Crippen LogP contribution in [-0.4, -0.2) is 9.55 Å². The maximum absolute atomic E-state index is 13.7. The van der Waals surface area contributed by atoms with Crippen molar-refractivity contribution in [2.75, 3.05) is 0 Å². The van der Waals surface area contributed by atoms with Crippen molar-refractivity contribution in [3.63, 3.8) is 0 Å². The molecule has 1 heterocycles. The molecule has 0 atom stereocenters.